The summed E-state index contributed by atoms with van der Waals surface area (Å²) in [5, 5.41) is 0.120. The van der Waals surface area contributed by atoms with Gasteiger partial charge in [0.2, 0.25) is 12.1 Å². The molecule has 3 rings (SSSR count). The highest BCUT2D eigenvalue weighted by molar-refractivity contribution is 6.74. The molecule has 3 aliphatic heterocycles. The standard InChI is InChI=1S/C16H28O6Si/c1-15(2,3)23(6,7)18-8-9-11-13-12(21-16(4,5)22-13)10(17)14(19-9)20-11/h9,11-14H,8H2,1-7H3/t9-,11+,12+,13-,14+/m0/s1. The average molecular weight is 344 g/mol. The van der Waals surface area contributed by atoms with Crippen LogP contribution in [0.5, 0.6) is 0 Å². The van der Waals surface area contributed by atoms with Gasteiger partial charge >= 0.3 is 0 Å². The molecule has 3 fully saturated rings. The van der Waals surface area contributed by atoms with E-state index >= 15 is 0 Å². The number of hydrogen-bond acceptors (Lipinski definition) is 6. The van der Waals surface area contributed by atoms with Crippen molar-refractivity contribution in [3.05, 3.63) is 0 Å². The normalized spacial score (nSPS) is 39.6. The summed E-state index contributed by atoms with van der Waals surface area (Å²) in [6.07, 6.45) is -2.51. The molecule has 0 aliphatic carbocycles. The third-order valence-electron chi connectivity index (χ3n) is 5.33. The number of hydrogen-bond donors (Lipinski definition) is 0. The van der Waals surface area contributed by atoms with E-state index in [1.165, 1.54) is 0 Å². The molecule has 0 saturated carbocycles. The fourth-order valence-electron chi connectivity index (χ4n) is 2.95. The van der Waals surface area contributed by atoms with Crippen molar-refractivity contribution in [2.45, 2.75) is 89.2 Å². The summed E-state index contributed by atoms with van der Waals surface area (Å²) in [5.74, 6) is -0.962. The van der Waals surface area contributed by atoms with Crippen LogP contribution < -0.4 is 0 Å². The fraction of sp³-hybridized carbons (Fsp3) is 0.938. The summed E-state index contributed by atoms with van der Waals surface area (Å²) in [6.45, 7) is 15.0. The topological polar surface area (TPSA) is 63.2 Å². The summed E-state index contributed by atoms with van der Waals surface area (Å²) in [7, 11) is -1.89. The molecule has 5 atom stereocenters. The highest BCUT2D eigenvalue weighted by atomic mass is 28.4. The molecule has 0 spiro atoms. The fourth-order valence-corrected chi connectivity index (χ4v) is 3.96. The Morgan fingerprint density at radius 3 is 2.39 bits per heavy atom. The van der Waals surface area contributed by atoms with Gasteiger partial charge in [0.15, 0.2) is 20.2 Å². The Morgan fingerprint density at radius 1 is 1.13 bits per heavy atom. The molecule has 3 aliphatic rings. The van der Waals surface area contributed by atoms with E-state index < -0.39 is 32.6 Å². The maximum Gasteiger partial charge on any atom is 0.221 e. The van der Waals surface area contributed by atoms with E-state index in [4.69, 9.17) is 23.4 Å². The first-order valence-corrected chi connectivity index (χ1v) is 11.2. The van der Waals surface area contributed by atoms with Gasteiger partial charge in [0.05, 0.1) is 6.61 Å². The second-order valence-corrected chi connectivity index (χ2v) is 13.4. The molecule has 23 heavy (non-hydrogen) atoms. The molecule has 0 aromatic rings. The second-order valence-electron chi connectivity index (χ2n) is 8.60. The minimum atomic E-state index is -1.89. The highest BCUT2D eigenvalue weighted by Crippen LogP contribution is 2.42. The number of fused-ring (bicyclic) bond motifs is 4. The van der Waals surface area contributed by atoms with Crippen LogP contribution in [0.4, 0.5) is 0 Å². The quantitative estimate of drug-likeness (QED) is 0.732. The molecule has 2 bridgehead atoms. The van der Waals surface area contributed by atoms with E-state index in [-0.39, 0.29) is 23.0 Å². The summed E-state index contributed by atoms with van der Waals surface area (Å²) in [6, 6.07) is 0. The Hall–Kier alpha value is -0.313. The van der Waals surface area contributed by atoms with Gasteiger partial charge in [-0.05, 0) is 32.0 Å². The third-order valence-corrected chi connectivity index (χ3v) is 9.83. The summed E-state index contributed by atoms with van der Waals surface area (Å²) in [5.41, 5.74) is 0. The zero-order valence-electron chi connectivity index (χ0n) is 15.0. The van der Waals surface area contributed by atoms with E-state index in [9.17, 15) is 4.79 Å². The Balaban J connectivity index is 1.71. The molecular formula is C16H28O6Si. The van der Waals surface area contributed by atoms with Gasteiger partial charge in [-0.2, -0.15) is 0 Å². The molecule has 7 heteroatoms. The molecule has 132 valence electrons. The van der Waals surface area contributed by atoms with E-state index in [1.807, 2.05) is 13.8 Å². The second kappa shape index (κ2) is 5.34. The molecule has 3 heterocycles. The number of rotatable bonds is 3. The van der Waals surface area contributed by atoms with Gasteiger partial charge < -0.3 is 23.4 Å². The first kappa shape index (κ1) is 17.5. The number of carbonyl (C=O) groups excluding carboxylic acids is 1. The zero-order valence-corrected chi connectivity index (χ0v) is 16.0. The molecule has 0 aromatic carbocycles. The van der Waals surface area contributed by atoms with Crippen LogP contribution in [-0.4, -0.2) is 57.2 Å². The number of carbonyl (C=O) groups is 1. The molecular weight excluding hydrogens is 316 g/mol. The van der Waals surface area contributed by atoms with Crippen molar-refractivity contribution in [2.75, 3.05) is 6.61 Å². The first-order chi connectivity index (χ1) is 10.4. The van der Waals surface area contributed by atoms with Gasteiger partial charge in [-0.1, -0.05) is 20.8 Å². The first-order valence-electron chi connectivity index (χ1n) is 8.25. The van der Waals surface area contributed by atoms with Crippen LogP contribution in [0, 0.1) is 0 Å². The van der Waals surface area contributed by atoms with Gasteiger partial charge in [0.25, 0.3) is 0 Å². The lowest BCUT2D eigenvalue weighted by atomic mass is 9.99. The van der Waals surface area contributed by atoms with E-state index in [0.717, 1.165) is 0 Å². The van der Waals surface area contributed by atoms with Crippen LogP contribution in [-0.2, 0) is 28.2 Å². The largest absolute Gasteiger partial charge is 0.414 e. The molecule has 0 N–H and O–H groups in total. The lowest BCUT2D eigenvalue weighted by Crippen LogP contribution is -2.51. The van der Waals surface area contributed by atoms with Crippen LogP contribution in [0.1, 0.15) is 34.6 Å². The van der Waals surface area contributed by atoms with Crippen LogP contribution in [0.25, 0.3) is 0 Å². The Labute approximate surface area is 138 Å². The highest BCUT2D eigenvalue weighted by Gasteiger charge is 2.61. The van der Waals surface area contributed by atoms with Gasteiger partial charge in [-0.3, -0.25) is 4.79 Å². The maximum absolute atomic E-state index is 12.4. The van der Waals surface area contributed by atoms with Crippen molar-refractivity contribution in [2.24, 2.45) is 0 Å². The van der Waals surface area contributed by atoms with Crippen molar-refractivity contribution < 1.29 is 28.2 Å². The predicted octanol–water partition coefficient (Wildman–Crippen LogP) is 2.22. The SMILES string of the molecule is CC1(C)O[C@H]2[C@@H]3O[C@@H](O[C@H]3CO[Si](C)(C)C(C)(C)C)C(=O)[C@H]2O1. The molecule has 3 saturated heterocycles. The van der Waals surface area contributed by atoms with Crippen LogP contribution >= 0.6 is 0 Å². The van der Waals surface area contributed by atoms with E-state index in [2.05, 4.69) is 33.9 Å². The van der Waals surface area contributed by atoms with E-state index in [1.54, 1.807) is 0 Å². The Kier molecular flexibility index (Phi) is 4.07. The molecule has 0 aromatic heterocycles. The lowest BCUT2D eigenvalue weighted by molar-refractivity contribution is -0.170. The predicted molar refractivity (Wildman–Crippen MR) is 85.5 cm³/mol. The zero-order chi connectivity index (χ0) is 17.2. The molecule has 6 nitrogen and oxygen atoms in total. The van der Waals surface area contributed by atoms with Gasteiger partial charge in [-0.15, -0.1) is 0 Å². The van der Waals surface area contributed by atoms with E-state index in [0.29, 0.717) is 6.61 Å². The summed E-state index contributed by atoms with van der Waals surface area (Å²) >= 11 is 0. The minimum absolute atomic E-state index is 0.120. The van der Waals surface area contributed by atoms with Crippen LogP contribution in [0.3, 0.4) is 0 Å². The number of ether oxygens (including phenoxy) is 4. The Bertz CT molecular complexity index is 497. The summed E-state index contributed by atoms with van der Waals surface area (Å²) in [4.78, 5) is 12.4. The Morgan fingerprint density at radius 2 is 1.78 bits per heavy atom. The van der Waals surface area contributed by atoms with Gasteiger partial charge in [-0.25, -0.2) is 0 Å². The maximum atomic E-state index is 12.4. The van der Waals surface area contributed by atoms with Crippen molar-refractivity contribution in [3.8, 4) is 0 Å². The number of Topliss-reactive ketones (excluding diaryl/α,β-unsaturated/α-hetero) is 1. The number of ketones is 1. The van der Waals surface area contributed by atoms with Crippen molar-refractivity contribution >= 4 is 14.1 Å². The molecule has 0 unspecified atom stereocenters. The van der Waals surface area contributed by atoms with Crippen molar-refractivity contribution in [3.63, 3.8) is 0 Å². The third kappa shape index (κ3) is 3.03. The van der Waals surface area contributed by atoms with Crippen molar-refractivity contribution in [1.82, 2.24) is 0 Å². The summed E-state index contributed by atoms with van der Waals surface area (Å²) < 4.78 is 29.4. The smallest absolute Gasteiger partial charge is 0.221 e. The monoisotopic (exact) mass is 344 g/mol. The van der Waals surface area contributed by atoms with Crippen molar-refractivity contribution in [1.29, 1.82) is 0 Å². The average Bonchev–Trinajstić information content (AvgIpc) is 2.92. The van der Waals surface area contributed by atoms with Gasteiger partial charge in [0, 0.05) is 0 Å². The lowest BCUT2D eigenvalue weighted by Gasteiger charge is -2.37. The van der Waals surface area contributed by atoms with Gasteiger partial charge in [0.1, 0.15) is 18.3 Å². The molecule has 0 amide bonds. The molecule has 0 radical (unpaired) electrons. The van der Waals surface area contributed by atoms with Crippen LogP contribution in [0.15, 0.2) is 0 Å². The van der Waals surface area contributed by atoms with Crippen LogP contribution in [0.2, 0.25) is 18.1 Å². The minimum Gasteiger partial charge on any atom is -0.414 e.